The minimum Gasteiger partial charge on any atom is -0.487 e. The Labute approximate surface area is 142 Å². The Morgan fingerprint density at radius 2 is 1.71 bits per heavy atom. The molecule has 6 nitrogen and oxygen atoms in total. The molecule has 0 saturated carbocycles. The maximum atomic E-state index is 10.9. The van der Waals surface area contributed by atoms with Crippen LogP contribution in [-0.4, -0.2) is 28.5 Å². The fraction of sp³-hybridized carbons (Fsp3) is 0.333. The van der Waals surface area contributed by atoms with Gasteiger partial charge in [-0.15, -0.1) is 0 Å². The van der Waals surface area contributed by atoms with Crippen LogP contribution in [0.3, 0.4) is 0 Å². The molecule has 0 radical (unpaired) electrons. The highest BCUT2D eigenvalue weighted by atomic mass is 16.5. The maximum absolute atomic E-state index is 10.9. The monoisotopic (exact) mass is 327 g/mol. The summed E-state index contributed by atoms with van der Waals surface area (Å²) in [4.78, 5) is 18.2. The molecule has 0 bridgehead atoms. The molecule has 0 N–H and O–H groups in total. The number of hydrogen-bond donors (Lipinski definition) is 0. The number of nitriles is 1. The quantitative estimate of drug-likeness (QED) is 0.782. The van der Waals surface area contributed by atoms with Crippen molar-refractivity contribution in [3.05, 3.63) is 48.0 Å². The second-order valence-electron chi connectivity index (χ2n) is 5.36. The summed E-state index contributed by atoms with van der Waals surface area (Å²) in [5, 5.41) is 8.21. The van der Waals surface area contributed by atoms with E-state index in [-0.39, 0.29) is 12.2 Å². The highest BCUT2D eigenvalue weighted by Crippen LogP contribution is 2.31. The molecule has 1 heterocycles. The number of benzene rings is 1. The Hall–Kier alpha value is -2.94. The molecule has 0 unspecified atom stereocenters. The molecule has 0 fully saturated rings. The molecule has 126 valence electrons. The standard InChI is InChI=1S/C13H18O3.C5H3N3/c1-9(2)15-12-7-5-6-11(8-14)13(12)16-10(3)4;6-1-5-2-7-4-8-3-5/h5-10H,1-4H3;2-4H. The van der Waals surface area contributed by atoms with Crippen molar-refractivity contribution in [2.24, 2.45) is 0 Å². The topological polar surface area (TPSA) is 85.1 Å². The van der Waals surface area contributed by atoms with Gasteiger partial charge in [-0.05, 0) is 39.8 Å². The van der Waals surface area contributed by atoms with Crippen LogP contribution in [0, 0.1) is 11.3 Å². The van der Waals surface area contributed by atoms with Crippen molar-refractivity contribution in [3.8, 4) is 17.6 Å². The number of aldehydes is 1. The second-order valence-corrected chi connectivity index (χ2v) is 5.36. The molecule has 0 atom stereocenters. The zero-order valence-corrected chi connectivity index (χ0v) is 14.3. The van der Waals surface area contributed by atoms with E-state index in [1.54, 1.807) is 12.1 Å². The smallest absolute Gasteiger partial charge is 0.172 e. The minimum atomic E-state index is 0.00983. The lowest BCUT2D eigenvalue weighted by Crippen LogP contribution is -2.12. The predicted octanol–water partition coefficient (Wildman–Crippen LogP) is 3.42. The van der Waals surface area contributed by atoms with Crippen molar-refractivity contribution < 1.29 is 14.3 Å². The van der Waals surface area contributed by atoms with E-state index in [2.05, 4.69) is 9.97 Å². The van der Waals surface area contributed by atoms with Gasteiger partial charge in [-0.2, -0.15) is 5.26 Å². The zero-order valence-electron chi connectivity index (χ0n) is 14.3. The number of carbonyl (C=O) groups is 1. The Kier molecular flexibility index (Phi) is 7.92. The van der Waals surface area contributed by atoms with Crippen LogP contribution in [-0.2, 0) is 0 Å². The van der Waals surface area contributed by atoms with Crippen LogP contribution in [0.2, 0.25) is 0 Å². The van der Waals surface area contributed by atoms with Crippen molar-refractivity contribution in [1.29, 1.82) is 5.26 Å². The first kappa shape index (κ1) is 19.1. The highest BCUT2D eigenvalue weighted by molar-refractivity contribution is 5.81. The molecule has 0 amide bonds. The van der Waals surface area contributed by atoms with E-state index in [0.717, 1.165) is 6.29 Å². The van der Waals surface area contributed by atoms with Crippen LogP contribution in [0.15, 0.2) is 36.9 Å². The number of rotatable bonds is 5. The third kappa shape index (κ3) is 6.44. The zero-order chi connectivity index (χ0) is 17.9. The Morgan fingerprint density at radius 3 is 2.17 bits per heavy atom. The summed E-state index contributed by atoms with van der Waals surface area (Å²) in [5.41, 5.74) is 1.01. The summed E-state index contributed by atoms with van der Waals surface area (Å²) >= 11 is 0. The third-order valence-electron chi connectivity index (χ3n) is 2.54. The summed E-state index contributed by atoms with van der Waals surface area (Å²) in [6, 6.07) is 7.22. The highest BCUT2D eigenvalue weighted by Gasteiger charge is 2.13. The average molecular weight is 327 g/mol. The first-order valence-electron chi connectivity index (χ1n) is 7.54. The molecule has 0 aliphatic rings. The predicted molar refractivity (Wildman–Crippen MR) is 90.1 cm³/mol. The first-order chi connectivity index (χ1) is 11.5. The molecule has 2 aromatic rings. The van der Waals surface area contributed by atoms with Crippen LogP contribution in [0.5, 0.6) is 11.5 Å². The SMILES string of the molecule is CC(C)Oc1cccc(C=O)c1OC(C)C.N#Cc1cncnc1. The van der Waals surface area contributed by atoms with Crippen molar-refractivity contribution in [2.45, 2.75) is 39.9 Å². The van der Waals surface area contributed by atoms with Crippen molar-refractivity contribution in [3.63, 3.8) is 0 Å². The fourth-order valence-corrected chi connectivity index (χ4v) is 1.69. The van der Waals surface area contributed by atoms with Gasteiger partial charge in [0.1, 0.15) is 12.4 Å². The van der Waals surface area contributed by atoms with Crippen LogP contribution >= 0.6 is 0 Å². The number of carbonyl (C=O) groups excluding carboxylic acids is 1. The lowest BCUT2D eigenvalue weighted by molar-refractivity contribution is 0.111. The molecule has 6 heteroatoms. The Morgan fingerprint density at radius 1 is 1.08 bits per heavy atom. The molecule has 2 rings (SSSR count). The number of para-hydroxylation sites is 1. The van der Waals surface area contributed by atoms with E-state index in [9.17, 15) is 4.79 Å². The van der Waals surface area contributed by atoms with Gasteiger partial charge >= 0.3 is 0 Å². The summed E-state index contributed by atoms with van der Waals surface area (Å²) in [5.74, 6) is 1.15. The average Bonchev–Trinajstić information content (AvgIpc) is 2.57. The van der Waals surface area contributed by atoms with E-state index >= 15 is 0 Å². The first-order valence-corrected chi connectivity index (χ1v) is 7.54. The van der Waals surface area contributed by atoms with Gasteiger partial charge < -0.3 is 9.47 Å². The van der Waals surface area contributed by atoms with Crippen LogP contribution in [0.25, 0.3) is 0 Å². The number of hydrogen-bond acceptors (Lipinski definition) is 6. The molecule has 0 aliphatic heterocycles. The lowest BCUT2D eigenvalue weighted by atomic mass is 10.2. The van der Waals surface area contributed by atoms with E-state index in [1.807, 2.05) is 39.8 Å². The van der Waals surface area contributed by atoms with E-state index in [4.69, 9.17) is 14.7 Å². The van der Waals surface area contributed by atoms with Gasteiger partial charge in [-0.1, -0.05) is 6.07 Å². The summed E-state index contributed by atoms with van der Waals surface area (Å²) < 4.78 is 11.2. The summed E-state index contributed by atoms with van der Waals surface area (Å²) in [7, 11) is 0. The van der Waals surface area contributed by atoms with Gasteiger partial charge in [0.05, 0.1) is 23.3 Å². The minimum absolute atomic E-state index is 0.00983. The molecule has 0 saturated heterocycles. The van der Waals surface area contributed by atoms with Gasteiger partial charge in [0.25, 0.3) is 0 Å². The maximum Gasteiger partial charge on any atom is 0.172 e. The van der Waals surface area contributed by atoms with Gasteiger partial charge in [0, 0.05) is 12.4 Å². The number of nitrogens with zero attached hydrogens (tertiary/aromatic N) is 3. The molecule has 24 heavy (non-hydrogen) atoms. The Balaban J connectivity index is 0.000000300. The summed E-state index contributed by atoms with van der Waals surface area (Å²) in [6.07, 6.45) is 5.16. The van der Waals surface area contributed by atoms with Crippen LogP contribution in [0.4, 0.5) is 0 Å². The van der Waals surface area contributed by atoms with Crippen molar-refractivity contribution in [1.82, 2.24) is 9.97 Å². The summed E-state index contributed by atoms with van der Waals surface area (Å²) in [6.45, 7) is 7.71. The second kappa shape index (κ2) is 9.95. The molecule has 1 aromatic carbocycles. The molecular formula is C18H21N3O3. The number of aromatic nitrogens is 2. The third-order valence-corrected chi connectivity index (χ3v) is 2.54. The van der Waals surface area contributed by atoms with Gasteiger partial charge in [-0.25, -0.2) is 9.97 Å². The molecular weight excluding hydrogens is 306 g/mol. The van der Waals surface area contributed by atoms with Crippen molar-refractivity contribution in [2.75, 3.05) is 0 Å². The van der Waals surface area contributed by atoms with Gasteiger partial charge in [0.15, 0.2) is 17.8 Å². The molecule has 0 aliphatic carbocycles. The Bertz CT molecular complexity index is 680. The van der Waals surface area contributed by atoms with Crippen molar-refractivity contribution >= 4 is 6.29 Å². The number of ether oxygens (including phenoxy) is 2. The molecule has 0 spiro atoms. The van der Waals surface area contributed by atoms with Crippen LogP contribution < -0.4 is 9.47 Å². The normalized spacial score (nSPS) is 9.71. The van der Waals surface area contributed by atoms with Gasteiger partial charge in [0.2, 0.25) is 0 Å². The fourth-order valence-electron chi connectivity index (χ4n) is 1.69. The van der Waals surface area contributed by atoms with E-state index in [0.29, 0.717) is 22.6 Å². The van der Waals surface area contributed by atoms with E-state index < -0.39 is 0 Å². The van der Waals surface area contributed by atoms with Gasteiger partial charge in [-0.3, -0.25) is 4.79 Å². The largest absolute Gasteiger partial charge is 0.487 e. The van der Waals surface area contributed by atoms with Crippen LogP contribution in [0.1, 0.15) is 43.6 Å². The molecule has 1 aromatic heterocycles. The van der Waals surface area contributed by atoms with E-state index in [1.165, 1.54) is 18.7 Å². The lowest BCUT2D eigenvalue weighted by Gasteiger charge is -2.18.